The largest absolute Gasteiger partial charge is 0.456 e. The number of hydrogen-bond donors (Lipinski definition) is 2. The molecule has 2 aliphatic heterocycles. The lowest BCUT2D eigenvalue weighted by atomic mass is 10.0. The molecule has 0 saturated carbocycles. The quantitative estimate of drug-likeness (QED) is 0.356. The Labute approximate surface area is 206 Å². The SMILES string of the molecule is CSCC/C=C/C1CC(=O)NCc2nc(cs2)C2=N[C@@](C)(CS2)C(=O)N[C@@H](C(C)C)C(=O)O1. The zero-order chi connectivity index (χ0) is 24.0. The molecule has 4 bridgehead atoms. The molecule has 0 saturated heterocycles. The molecule has 2 aliphatic rings. The van der Waals surface area contributed by atoms with Gasteiger partial charge in [0.25, 0.3) is 0 Å². The van der Waals surface area contributed by atoms with Crippen LogP contribution in [0.2, 0.25) is 0 Å². The topological polar surface area (TPSA) is 110 Å². The Morgan fingerprint density at radius 1 is 1.36 bits per heavy atom. The first-order valence-corrected chi connectivity index (χ1v) is 14.1. The van der Waals surface area contributed by atoms with Crippen LogP contribution in [0.25, 0.3) is 0 Å². The van der Waals surface area contributed by atoms with Gasteiger partial charge in [-0.25, -0.2) is 9.78 Å². The minimum Gasteiger partial charge on any atom is -0.456 e. The summed E-state index contributed by atoms with van der Waals surface area (Å²) in [6.45, 7) is 5.74. The van der Waals surface area contributed by atoms with Crippen LogP contribution >= 0.6 is 34.9 Å². The number of allylic oxidation sites excluding steroid dienone is 1. The monoisotopic (exact) mass is 510 g/mol. The summed E-state index contributed by atoms with van der Waals surface area (Å²) < 4.78 is 5.70. The molecule has 0 aliphatic carbocycles. The molecule has 1 unspecified atom stereocenters. The van der Waals surface area contributed by atoms with Crippen LogP contribution in [0.4, 0.5) is 0 Å². The number of rotatable bonds is 5. The summed E-state index contributed by atoms with van der Waals surface area (Å²) >= 11 is 4.61. The van der Waals surface area contributed by atoms with Crippen molar-refractivity contribution in [2.24, 2.45) is 10.9 Å². The van der Waals surface area contributed by atoms with Crippen molar-refractivity contribution in [2.75, 3.05) is 17.8 Å². The minimum atomic E-state index is -1.00. The molecule has 3 rings (SSSR count). The van der Waals surface area contributed by atoms with E-state index in [0.29, 0.717) is 16.5 Å². The van der Waals surface area contributed by atoms with Crippen LogP contribution in [-0.4, -0.2) is 63.3 Å². The number of thiazole rings is 1. The van der Waals surface area contributed by atoms with Crippen molar-refractivity contribution in [3.05, 3.63) is 28.2 Å². The van der Waals surface area contributed by atoms with Crippen molar-refractivity contribution >= 4 is 57.7 Å². The van der Waals surface area contributed by atoms with E-state index in [-0.39, 0.29) is 30.7 Å². The van der Waals surface area contributed by atoms with Gasteiger partial charge in [0.2, 0.25) is 11.8 Å². The smallest absolute Gasteiger partial charge is 0.329 e. The molecular weight excluding hydrogens is 480 g/mol. The van der Waals surface area contributed by atoms with Gasteiger partial charge in [0.05, 0.1) is 13.0 Å². The highest BCUT2D eigenvalue weighted by Crippen LogP contribution is 2.32. The Kier molecular flexibility index (Phi) is 9.00. The maximum Gasteiger partial charge on any atom is 0.329 e. The van der Waals surface area contributed by atoms with E-state index in [1.165, 1.54) is 23.1 Å². The molecule has 1 aromatic heterocycles. The Morgan fingerprint density at radius 3 is 2.88 bits per heavy atom. The summed E-state index contributed by atoms with van der Waals surface area (Å²) in [6, 6.07) is -0.845. The summed E-state index contributed by atoms with van der Waals surface area (Å²) in [7, 11) is 0. The summed E-state index contributed by atoms with van der Waals surface area (Å²) in [5.41, 5.74) is -0.299. The molecule has 180 valence electrons. The molecule has 33 heavy (non-hydrogen) atoms. The van der Waals surface area contributed by atoms with Crippen LogP contribution in [0.1, 0.15) is 44.3 Å². The standard InChI is InChI=1S/C22H30N4O4S3/c1-13(2)18-20(28)30-14(7-5-6-8-31-4)9-16(27)23-10-17-24-15(11-32-17)19-26-22(3,12-33-19)21(29)25-18/h5,7,11,13-14,18H,6,8-10,12H2,1-4H3,(H,23,27)(H,25,29)/b7-5+/t14?,18-,22-/m0/s1. The number of esters is 1. The fourth-order valence-electron chi connectivity index (χ4n) is 3.26. The summed E-state index contributed by atoms with van der Waals surface area (Å²) in [5.74, 6) is 0.0682. The van der Waals surface area contributed by atoms with E-state index < -0.39 is 23.7 Å². The van der Waals surface area contributed by atoms with Gasteiger partial charge < -0.3 is 15.4 Å². The molecule has 3 heterocycles. The van der Waals surface area contributed by atoms with E-state index in [1.807, 2.05) is 31.6 Å². The molecular formula is C22H30N4O4S3. The molecule has 0 aromatic carbocycles. The Bertz CT molecular complexity index is 946. The van der Waals surface area contributed by atoms with Gasteiger partial charge in [-0.3, -0.25) is 14.6 Å². The molecule has 0 fully saturated rings. The first-order valence-electron chi connectivity index (χ1n) is 10.8. The van der Waals surface area contributed by atoms with Crippen molar-refractivity contribution in [3.8, 4) is 0 Å². The van der Waals surface area contributed by atoms with Crippen molar-refractivity contribution in [1.82, 2.24) is 15.6 Å². The number of hydrogen-bond acceptors (Lipinski definition) is 9. The molecule has 1 aromatic rings. The second-order valence-electron chi connectivity index (χ2n) is 8.47. The molecule has 3 atom stereocenters. The number of carbonyl (C=O) groups is 3. The Balaban J connectivity index is 1.89. The van der Waals surface area contributed by atoms with E-state index >= 15 is 0 Å². The zero-order valence-electron chi connectivity index (χ0n) is 19.3. The minimum absolute atomic E-state index is 0.00121. The number of aromatic nitrogens is 1. The van der Waals surface area contributed by atoms with Crippen molar-refractivity contribution < 1.29 is 19.1 Å². The van der Waals surface area contributed by atoms with Gasteiger partial charge in [-0.05, 0) is 37.3 Å². The highest BCUT2D eigenvalue weighted by Gasteiger charge is 2.41. The fraction of sp³-hybridized carbons (Fsp3) is 0.591. The van der Waals surface area contributed by atoms with E-state index in [4.69, 9.17) is 4.74 Å². The lowest BCUT2D eigenvalue weighted by Gasteiger charge is -2.27. The van der Waals surface area contributed by atoms with Gasteiger partial charge >= 0.3 is 5.97 Å². The van der Waals surface area contributed by atoms with Crippen LogP contribution in [0, 0.1) is 5.92 Å². The van der Waals surface area contributed by atoms with Crippen molar-refractivity contribution in [2.45, 2.75) is 57.8 Å². The summed E-state index contributed by atoms with van der Waals surface area (Å²) in [6.07, 6.45) is 5.77. The third kappa shape index (κ3) is 6.83. The van der Waals surface area contributed by atoms with Crippen LogP contribution in [-0.2, 0) is 25.7 Å². The maximum absolute atomic E-state index is 13.1. The Hall–Kier alpha value is -1.85. The van der Waals surface area contributed by atoms with Gasteiger partial charge in [0, 0.05) is 11.1 Å². The first kappa shape index (κ1) is 25.8. The van der Waals surface area contributed by atoms with Gasteiger partial charge in [-0.15, -0.1) is 23.1 Å². The maximum atomic E-state index is 13.1. The molecule has 2 N–H and O–H groups in total. The summed E-state index contributed by atoms with van der Waals surface area (Å²) in [5, 5.41) is 9.02. The van der Waals surface area contributed by atoms with Gasteiger partial charge in [0.15, 0.2) is 0 Å². The predicted octanol–water partition coefficient (Wildman–Crippen LogP) is 2.78. The number of aliphatic imine (C=N–C) groups is 1. The number of amides is 2. The van der Waals surface area contributed by atoms with Gasteiger partial charge in [-0.2, -0.15) is 11.8 Å². The second kappa shape index (κ2) is 11.5. The highest BCUT2D eigenvalue weighted by atomic mass is 32.2. The van der Waals surface area contributed by atoms with Crippen LogP contribution in [0.5, 0.6) is 0 Å². The second-order valence-corrected chi connectivity index (χ2v) is 11.4. The molecule has 0 radical (unpaired) electrons. The number of fused-ring (bicyclic) bond motifs is 4. The average Bonchev–Trinajstić information content (AvgIpc) is 3.40. The predicted molar refractivity (Wildman–Crippen MR) is 135 cm³/mol. The molecule has 8 nitrogen and oxygen atoms in total. The molecule has 0 spiro atoms. The molecule has 2 amide bonds. The first-order chi connectivity index (χ1) is 15.7. The lowest BCUT2D eigenvalue weighted by molar-refractivity contribution is -0.153. The van der Waals surface area contributed by atoms with Crippen LogP contribution in [0.3, 0.4) is 0 Å². The number of carbonyl (C=O) groups excluding carboxylic acids is 3. The van der Waals surface area contributed by atoms with Gasteiger partial charge in [0.1, 0.15) is 33.4 Å². The lowest BCUT2D eigenvalue weighted by Crippen LogP contribution is -2.53. The zero-order valence-corrected chi connectivity index (χ0v) is 21.7. The molecule has 11 heteroatoms. The summed E-state index contributed by atoms with van der Waals surface area (Å²) in [4.78, 5) is 48.0. The van der Waals surface area contributed by atoms with Gasteiger partial charge in [-0.1, -0.05) is 19.9 Å². The third-order valence-electron chi connectivity index (χ3n) is 5.24. The van der Waals surface area contributed by atoms with Crippen LogP contribution in [0.15, 0.2) is 22.5 Å². The normalized spacial score (nSPS) is 26.8. The van der Waals surface area contributed by atoms with E-state index in [1.54, 1.807) is 24.8 Å². The van der Waals surface area contributed by atoms with E-state index in [2.05, 4.69) is 20.6 Å². The van der Waals surface area contributed by atoms with Crippen LogP contribution < -0.4 is 10.6 Å². The van der Waals surface area contributed by atoms with E-state index in [9.17, 15) is 14.4 Å². The average molecular weight is 511 g/mol. The number of ether oxygens (including phenoxy) is 1. The van der Waals surface area contributed by atoms with Crippen molar-refractivity contribution in [1.29, 1.82) is 0 Å². The Morgan fingerprint density at radius 2 is 2.15 bits per heavy atom. The number of thioether (sulfide) groups is 2. The number of nitrogens with zero attached hydrogens (tertiary/aromatic N) is 2. The van der Waals surface area contributed by atoms with Crippen molar-refractivity contribution in [3.63, 3.8) is 0 Å². The third-order valence-corrected chi connectivity index (χ3v) is 8.01. The number of nitrogens with one attached hydrogen (secondary N) is 2. The van der Waals surface area contributed by atoms with E-state index in [0.717, 1.165) is 17.2 Å². The number of cyclic esters (lactones) is 1. The fourth-order valence-corrected chi connectivity index (χ4v) is 5.56. The highest BCUT2D eigenvalue weighted by molar-refractivity contribution is 8.14.